The summed E-state index contributed by atoms with van der Waals surface area (Å²) in [6.45, 7) is 0. The van der Waals surface area contributed by atoms with Crippen molar-refractivity contribution in [2.45, 2.75) is 38.1 Å². The largest absolute Gasteiger partial charge is 0.327 e. The highest BCUT2D eigenvalue weighted by molar-refractivity contribution is 5.14. The number of hydrogen-bond donors (Lipinski definition) is 1. The van der Waals surface area contributed by atoms with E-state index in [0.29, 0.717) is 6.04 Å². The van der Waals surface area contributed by atoms with E-state index < -0.39 is 0 Å². The monoisotopic (exact) mass is 189 g/mol. The SMILES string of the molecule is NC1CCC1CCCc1ccccc1. The molecule has 1 saturated carbocycles. The smallest absolute Gasteiger partial charge is 0.00672 e. The van der Waals surface area contributed by atoms with Crippen LogP contribution in [-0.2, 0) is 6.42 Å². The van der Waals surface area contributed by atoms with Crippen molar-refractivity contribution in [1.29, 1.82) is 0 Å². The lowest BCUT2D eigenvalue weighted by molar-refractivity contribution is 0.237. The summed E-state index contributed by atoms with van der Waals surface area (Å²) in [4.78, 5) is 0. The van der Waals surface area contributed by atoms with Crippen molar-refractivity contribution < 1.29 is 0 Å². The van der Waals surface area contributed by atoms with Crippen LogP contribution >= 0.6 is 0 Å². The van der Waals surface area contributed by atoms with Gasteiger partial charge in [-0.2, -0.15) is 0 Å². The van der Waals surface area contributed by atoms with E-state index in [1.54, 1.807) is 0 Å². The molecule has 0 bridgehead atoms. The van der Waals surface area contributed by atoms with Crippen LogP contribution in [0.5, 0.6) is 0 Å². The number of aryl methyl sites for hydroxylation is 1. The molecule has 1 fully saturated rings. The Bertz CT molecular complexity index is 268. The summed E-state index contributed by atoms with van der Waals surface area (Å²) in [5.74, 6) is 0.818. The summed E-state index contributed by atoms with van der Waals surface area (Å²) in [7, 11) is 0. The number of nitrogens with two attached hydrogens (primary N) is 1. The third-order valence-electron chi connectivity index (χ3n) is 3.36. The quantitative estimate of drug-likeness (QED) is 0.774. The lowest BCUT2D eigenvalue weighted by Gasteiger charge is -2.33. The van der Waals surface area contributed by atoms with Gasteiger partial charge in [0, 0.05) is 6.04 Å². The molecule has 1 aliphatic rings. The third-order valence-corrected chi connectivity index (χ3v) is 3.36. The molecule has 2 unspecified atom stereocenters. The van der Waals surface area contributed by atoms with Crippen LogP contribution in [0.25, 0.3) is 0 Å². The Morgan fingerprint density at radius 1 is 1.14 bits per heavy atom. The number of hydrogen-bond acceptors (Lipinski definition) is 1. The van der Waals surface area contributed by atoms with E-state index in [4.69, 9.17) is 5.73 Å². The molecule has 2 N–H and O–H groups in total. The van der Waals surface area contributed by atoms with Crippen molar-refractivity contribution in [3.8, 4) is 0 Å². The fourth-order valence-corrected chi connectivity index (χ4v) is 2.17. The molecule has 0 heterocycles. The molecule has 1 heteroatoms. The van der Waals surface area contributed by atoms with Gasteiger partial charge in [-0.25, -0.2) is 0 Å². The van der Waals surface area contributed by atoms with Crippen molar-refractivity contribution in [3.63, 3.8) is 0 Å². The number of rotatable bonds is 4. The standard InChI is InChI=1S/C13H19N/c14-13-10-9-12(13)8-4-7-11-5-2-1-3-6-11/h1-3,5-6,12-13H,4,7-10,14H2. The minimum Gasteiger partial charge on any atom is -0.327 e. The van der Waals surface area contributed by atoms with Crippen LogP contribution in [0.2, 0.25) is 0 Å². The first-order chi connectivity index (χ1) is 6.86. The molecule has 0 amide bonds. The van der Waals surface area contributed by atoms with Crippen LogP contribution in [0.4, 0.5) is 0 Å². The maximum atomic E-state index is 5.90. The van der Waals surface area contributed by atoms with Crippen molar-refractivity contribution in [2.75, 3.05) is 0 Å². The van der Waals surface area contributed by atoms with E-state index in [1.165, 1.54) is 37.7 Å². The second-order valence-corrected chi connectivity index (χ2v) is 4.38. The lowest BCUT2D eigenvalue weighted by atomic mass is 9.77. The van der Waals surface area contributed by atoms with Gasteiger partial charge in [-0.3, -0.25) is 0 Å². The van der Waals surface area contributed by atoms with Gasteiger partial charge >= 0.3 is 0 Å². The van der Waals surface area contributed by atoms with E-state index in [-0.39, 0.29) is 0 Å². The highest BCUT2D eigenvalue weighted by Gasteiger charge is 2.26. The van der Waals surface area contributed by atoms with Crippen LogP contribution in [-0.4, -0.2) is 6.04 Å². The van der Waals surface area contributed by atoms with E-state index in [0.717, 1.165) is 5.92 Å². The Morgan fingerprint density at radius 2 is 1.93 bits per heavy atom. The molecule has 0 spiro atoms. The molecule has 1 aromatic carbocycles. The summed E-state index contributed by atoms with van der Waals surface area (Å²) in [6.07, 6.45) is 6.43. The van der Waals surface area contributed by atoms with Gasteiger partial charge in [0.05, 0.1) is 0 Å². The van der Waals surface area contributed by atoms with Gasteiger partial charge in [-0.05, 0) is 43.6 Å². The summed E-state index contributed by atoms with van der Waals surface area (Å²) in [5, 5.41) is 0. The maximum Gasteiger partial charge on any atom is 0.00672 e. The Labute approximate surface area is 86.3 Å². The van der Waals surface area contributed by atoms with Crippen molar-refractivity contribution in [2.24, 2.45) is 11.7 Å². The number of benzene rings is 1. The second-order valence-electron chi connectivity index (χ2n) is 4.38. The van der Waals surface area contributed by atoms with Crippen molar-refractivity contribution in [3.05, 3.63) is 35.9 Å². The van der Waals surface area contributed by atoms with Gasteiger partial charge in [0.1, 0.15) is 0 Å². The molecule has 14 heavy (non-hydrogen) atoms. The predicted molar refractivity (Wildman–Crippen MR) is 60.1 cm³/mol. The normalized spacial score (nSPS) is 25.8. The van der Waals surface area contributed by atoms with Gasteiger partial charge in [0.25, 0.3) is 0 Å². The van der Waals surface area contributed by atoms with Gasteiger partial charge in [-0.1, -0.05) is 30.3 Å². The van der Waals surface area contributed by atoms with E-state index in [2.05, 4.69) is 30.3 Å². The average molecular weight is 189 g/mol. The summed E-state index contributed by atoms with van der Waals surface area (Å²) >= 11 is 0. The van der Waals surface area contributed by atoms with E-state index >= 15 is 0 Å². The Morgan fingerprint density at radius 3 is 2.50 bits per heavy atom. The van der Waals surface area contributed by atoms with Gasteiger partial charge in [0.15, 0.2) is 0 Å². The minimum atomic E-state index is 0.505. The van der Waals surface area contributed by atoms with Crippen LogP contribution in [0.3, 0.4) is 0 Å². The molecule has 0 aromatic heterocycles. The Balaban J connectivity index is 1.68. The molecule has 76 valence electrons. The third kappa shape index (κ3) is 2.36. The molecule has 0 saturated heterocycles. The van der Waals surface area contributed by atoms with Gasteiger partial charge < -0.3 is 5.73 Å². The Kier molecular flexibility index (Phi) is 3.20. The molecule has 1 nitrogen and oxygen atoms in total. The highest BCUT2D eigenvalue weighted by Crippen LogP contribution is 2.29. The highest BCUT2D eigenvalue weighted by atomic mass is 14.7. The predicted octanol–water partition coefficient (Wildman–Crippen LogP) is 2.75. The van der Waals surface area contributed by atoms with Gasteiger partial charge in [0.2, 0.25) is 0 Å². The van der Waals surface area contributed by atoms with Crippen LogP contribution in [0.15, 0.2) is 30.3 Å². The average Bonchev–Trinajstić information content (AvgIpc) is 2.24. The first-order valence-electron chi connectivity index (χ1n) is 5.66. The van der Waals surface area contributed by atoms with Crippen LogP contribution in [0.1, 0.15) is 31.2 Å². The summed E-state index contributed by atoms with van der Waals surface area (Å²) < 4.78 is 0. The van der Waals surface area contributed by atoms with Crippen molar-refractivity contribution in [1.82, 2.24) is 0 Å². The van der Waals surface area contributed by atoms with E-state index in [1.807, 2.05) is 0 Å². The summed E-state index contributed by atoms with van der Waals surface area (Å²) in [5.41, 5.74) is 7.36. The fraction of sp³-hybridized carbons (Fsp3) is 0.538. The van der Waals surface area contributed by atoms with E-state index in [9.17, 15) is 0 Å². The zero-order valence-electron chi connectivity index (χ0n) is 8.65. The lowest BCUT2D eigenvalue weighted by Crippen LogP contribution is -2.39. The first-order valence-corrected chi connectivity index (χ1v) is 5.66. The van der Waals surface area contributed by atoms with Gasteiger partial charge in [-0.15, -0.1) is 0 Å². The zero-order chi connectivity index (χ0) is 9.80. The first kappa shape index (κ1) is 9.72. The molecule has 0 radical (unpaired) electrons. The molecule has 2 atom stereocenters. The second kappa shape index (κ2) is 4.61. The zero-order valence-corrected chi connectivity index (χ0v) is 8.65. The van der Waals surface area contributed by atoms with Crippen molar-refractivity contribution >= 4 is 0 Å². The molecule has 1 aromatic rings. The van der Waals surface area contributed by atoms with Crippen LogP contribution in [0, 0.1) is 5.92 Å². The van der Waals surface area contributed by atoms with Crippen LogP contribution < -0.4 is 5.73 Å². The molecular weight excluding hydrogens is 170 g/mol. The maximum absolute atomic E-state index is 5.90. The minimum absolute atomic E-state index is 0.505. The molecule has 0 aliphatic heterocycles. The molecule has 2 rings (SSSR count). The molecular formula is C13H19N. The fourth-order valence-electron chi connectivity index (χ4n) is 2.17. The summed E-state index contributed by atoms with van der Waals surface area (Å²) in [6, 6.07) is 11.2. The molecule has 1 aliphatic carbocycles. The topological polar surface area (TPSA) is 26.0 Å². The Hall–Kier alpha value is -0.820.